The minimum atomic E-state index is -0.949. The highest BCUT2D eigenvalue weighted by molar-refractivity contribution is 5.91. The molecule has 0 saturated carbocycles. The second kappa shape index (κ2) is 10.3. The fraction of sp³-hybridized carbons (Fsp3) is 0.320. The molecule has 6 nitrogen and oxygen atoms in total. The van der Waals surface area contributed by atoms with Gasteiger partial charge in [0.1, 0.15) is 17.3 Å². The van der Waals surface area contributed by atoms with Crippen LogP contribution in [0.4, 0.5) is 4.39 Å². The number of aromatic nitrogens is 1. The second-order valence-electron chi connectivity index (χ2n) is 7.65. The number of carboxylic acids is 1. The topological polar surface area (TPSA) is 72.7 Å². The molecule has 0 bridgehead atoms. The van der Waals surface area contributed by atoms with Crippen LogP contribution in [-0.4, -0.2) is 36.4 Å². The predicted octanol–water partition coefficient (Wildman–Crippen LogP) is 4.34. The maximum atomic E-state index is 13.2. The number of halogens is 1. The summed E-state index contributed by atoms with van der Waals surface area (Å²) in [5.41, 5.74) is 4.57. The van der Waals surface area contributed by atoms with Gasteiger partial charge >= 0.3 is 5.97 Å². The van der Waals surface area contributed by atoms with Gasteiger partial charge in [-0.3, -0.25) is 0 Å². The number of carbonyl (C=O) groups is 1. The molecule has 0 atom stereocenters. The van der Waals surface area contributed by atoms with Crippen molar-refractivity contribution in [2.45, 2.75) is 33.4 Å². The predicted molar refractivity (Wildman–Crippen MR) is 121 cm³/mol. The van der Waals surface area contributed by atoms with Crippen LogP contribution in [0.1, 0.15) is 38.4 Å². The van der Waals surface area contributed by atoms with Gasteiger partial charge in [-0.2, -0.15) is 0 Å². The van der Waals surface area contributed by atoms with E-state index in [1.54, 1.807) is 26.4 Å². The van der Waals surface area contributed by atoms with Crippen molar-refractivity contribution >= 4 is 5.97 Å². The third-order valence-corrected chi connectivity index (χ3v) is 5.74. The molecule has 2 aromatic carbocycles. The Bertz CT molecular complexity index is 1090. The number of nitrogens with one attached hydrogen (secondary N) is 1. The molecule has 170 valence electrons. The standard InChI is InChI=1S/C25H29FN2O4/c1-16-22(14-27-12-11-19-13-21(31-3)9-10-23(19)32-4)24(25(29)30)17(2)28(16)15-18-5-7-20(26)8-6-18/h5-10,13,27H,11-12,14-15H2,1-4H3,(H,29,30). The van der Waals surface area contributed by atoms with E-state index in [4.69, 9.17) is 9.47 Å². The second-order valence-corrected chi connectivity index (χ2v) is 7.65. The van der Waals surface area contributed by atoms with E-state index in [-0.39, 0.29) is 5.82 Å². The van der Waals surface area contributed by atoms with E-state index < -0.39 is 5.97 Å². The Hall–Kier alpha value is -3.32. The molecule has 7 heteroatoms. The summed E-state index contributed by atoms with van der Waals surface area (Å²) in [4.78, 5) is 12.0. The molecule has 32 heavy (non-hydrogen) atoms. The van der Waals surface area contributed by atoms with Gasteiger partial charge in [0.05, 0.1) is 19.8 Å². The van der Waals surface area contributed by atoms with Crippen molar-refractivity contribution in [1.82, 2.24) is 9.88 Å². The van der Waals surface area contributed by atoms with Gasteiger partial charge in [0.15, 0.2) is 0 Å². The van der Waals surface area contributed by atoms with E-state index in [1.165, 1.54) is 12.1 Å². The zero-order valence-electron chi connectivity index (χ0n) is 18.9. The lowest BCUT2D eigenvalue weighted by Gasteiger charge is -2.12. The molecular weight excluding hydrogens is 411 g/mol. The summed E-state index contributed by atoms with van der Waals surface area (Å²) in [7, 11) is 3.26. The van der Waals surface area contributed by atoms with Crippen LogP contribution < -0.4 is 14.8 Å². The highest BCUT2D eigenvalue weighted by atomic mass is 19.1. The van der Waals surface area contributed by atoms with Crippen molar-refractivity contribution in [3.63, 3.8) is 0 Å². The third kappa shape index (κ3) is 5.11. The first-order chi connectivity index (χ1) is 15.3. The summed E-state index contributed by atoms with van der Waals surface area (Å²) in [5.74, 6) is 0.308. The molecular formula is C25H29FN2O4. The van der Waals surface area contributed by atoms with Gasteiger partial charge in [-0.25, -0.2) is 9.18 Å². The van der Waals surface area contributed by atoms with E-state index in [1.807, 2.05) is 36.6 Å². The van der Waals surface area contributed by atoms with Crippen LogP contribution in [0.2, 0.25) is 0 Å². The third-order valence-electron chi connectivity index (χ3n) is 5.74. The fourth-order valence-corrected chi connectivity index (χ4v) is 3.97. The number of nitrogens with zero attached hydrogens (tertiary/aromatic N) is 1. The Morgan fingerprint density at radius 1 is 1.06 bits per heavy atom. The molecule has 0 spiro atoms. The molecule has 3 aromatic rings. The lowest BCUT2D eigenvalue weighted by molar-refractivity contribution is 0.0694. The Kier molecular flexibility index (Phi) is 7.53. The first kappa shape index (κ1) is 23.3. The molecule has 0 aliphatic rings. The molecule has 0 aliphatic carbocycles. The van der Waals surface area contributed by atoms with Gasteiger partial charge in [-0.1, -0.05) is 12.1 Å². The molecule has 0 unspecified atom stereocenters. The van der Waals surface area contributed by atoms with Crippen molar-refractivity contribution < 1.29 is 23.8 Å². The van der Waals surface area contributed by atoms with E-state index in [9.17, 15) is 14.3 Å². The quantitative estimate of drug-likeness (QED) is 0.459. The molecule has 3 rings (SSSR count). The molecule has 0 saturated heterocycles. The minimum absolute atomic E-state index is 0.293. The largest absolute Gasteiger partial charge is 0.497 e. The van der Waals surface area contributed by atoms with Crippen molar-refractivity contribution in [1.29, 1.82) is 0 Å². The minimum Gasteiger partial charge on any atom is -0.497 e. The van der Waals surface area contributed by atoms with Crippen LogP contribution in [0.5, 0.6) is 11.5 Å². The summed E-state index contributed by atoms with van der Waals surface area (Å²) < 4.78 is 25.9. The first-order valence-electron chi connectivity index (χ1n) is 10.4. The van der Waals surface area contributed by atoms with Crippen LogP contribution in [0.15, 0.2) is 42.5 Å². The highest BCUT2D eigenvalue weighted by Crippen LogP contribution is 2.25. The van der Waals surface area contributed by atoms with E-state index >= 15 is 0 Å². The summed E-state index contributed by atoms with van der Waals surface area (Å²) in [6.07, 6.45) is 0.705. The molecule has 1 aromatic heterocycles. The Balaban J connectivity index is 1.75. The van der Waals surface area contributed by atoms with Crippen LogP contribution in [0.3, 0.4) is 0 Å². The van der Waals surface area contributed by atoms with E-state index in [0.29, 0.717) is 37.3 Å². The van der Waals surface area contributed by atoms with Crippen molar-refractivity contribution in [3.8, 4) is 11.5 Å². The average molecular weight is 441 g/mol. The van der Waals surface area contributed by atoms with Crippen LogP contribution >= 0.6 is 0 Å². The number of rotatable bonds is 10. The van der Waals surface area contributed by atoms with Crippen LogP contribution in [0, 0.1) is 19.7 Å². The molecule has 1 heterocycles. The van der Waals surface area contributed by atoms with Gasteiger partial charge in [0, 0.05) is 30.0 Å². The number of hydrogen-bond donors (Lipinski definition) is 2. The molecule has 0 fully saturated rings. The van der Waals surface area contributed by atoms with E-state index in [0.717, 1.165) is 33.9 Å². The number of aromatic carboxylic acids is 1. The lowest BCUT2D eigenvalue weighted by Crippen LogP contribution is -2.19. The van der Waals surface area contributed by atoms with Gasteiger partial charge in [0.25, 0.3) is 0 Å². The van der Waals surface area contributed by atoms with E-state index in [2.05, 4.69) is 5.32 Å². The fourth-order valence-electron chi connectivity index (χ4n) is 3.97. The van der Waals surface area contributed by atoms with Crippen molar-refractivity contribution in [2.24, 2.45) is 0 Å². The maximum absolute atomic E-state index is 13.2. The Morgan fingerprint density at radius 3 is 2.41 bits per heavy atom. The molecule has 0 amide bonds. The van der Waals surface area contributed by atoms with Gasteiger partial charge < -0.3 is 24.5 Å². The summed E-state index contributed by atoms with van der Waals surface area (Å²) in [6, 6.07) is 11.9. The number of benzene rings is 2. The van der Waals surface area contributed by atoms with Crippen LogP contribution in [-0.2, 0) is 19.5 Å². The first-order valence-corrected chi connectivity index (χ1v) is 10.4. The average Bonchev–Trinajstić information content (AvgIpc) is 3.02. The van der Waals surface area contributed by atoms with Gasteiger partial charge in [0.2, 0.25) is 0 Å². The number of hydrogen-bond acceptors (Lipinski definition) is 4. The summed E-state index contributed by atoms with van der Waals surface area (Å²) in [5, 5.41) is 13.2. The van der Waals surface area contributed by atoms with Crippen molar-refractivity contribution in [2.75, 3.05) is 20.8 Å². The molecule has 2 N–H and O–H groups in total. The summed E-state index contributed by atoms with van der Waals surface area (Å²) in [6.45, 7) is 5.29. The molecule has 0 radical (unpaired) electrons. The van der Waals surface area contributed by atoms with Gasteiger partial charge in [-0.15, -0.1) is 0 Å². The Morgan fingerprint density at radius 2 is 1.78 bits per heavy atom. The SMILES string of the molecule is COc1ccc(OC)c(CCNCc2c(C(=O)O)c(C)n(Cc3ccc(F)cc3)c2C)c1. The highest BCUT2D eigenvalue weighted by Gasteiger charge is 2.22. The smallest absolute Gasteiger partial charge is 0.337 e. The number of carboxylic acid groups (broad SMARTS) is 1. The molecule has 0 aliphatic heterocycles. The zero-order valence-corrected chi connectivity index (χ0v) is 18.9. The zero-order chi connectivity index (χ0) is 23.3. The number of ether oxygens (including phenoxy) is 2. The monoisotopic (exact) mass is 440 g/mol. The normalized spacial score (nSPS) is 10.9. The summed E-state index contributed by atoms with van der Waals surface area (Å²) >= 11 is 0. The lowest BCUT2D eigenvalue weighted by atomic mass is 10.1. The van der Waals surface area contributed by atoms with Gasteiger partial charge in [-0.05, 0) is 68.3 Å². The number of methoxy groups -OCH3 is 2. The maximum Gasteiger partial charge on any atom is 0.337 e. The van der Waals surface area contributed by atoms with Crippen molar-refractivity contribution in [3.05, 3.63) is 81.9 Å². The van der Waals surface area contributed by atoms with Crippen LogP contribution in [0.25, 0.3) is 0 Å². The Labute approximate surface area is 187 Å².